The lowest BCUT2D eigenvalue weighted by Crippen LogP contribution is -2.24. The van der Waals surface area contributed by atoms with Crippen molar-refractivity contribution in [1.82, 2.24) is 29.9 Å². The number of hydrogen-bond donors (Lipinski definition) is 4. The third kappa shape index (κ3) is 4.23. The molecule has 0 unspecified atom stereocenters. The summed E-state index contributed by atoms with van der Waals surface area (Å²) in [6.07, 6.45) is 10.7. The summed E-state index contributed by atoms with van der Waals surface area (Å²) in [6.45, 7) is 0.878. The summed E-state index contributed by atoms with van der Waals surface area (Å²) in [4.78, 5) is 27.4. The second-order valence-electron chi connectivity index (χ2n) is 8.84. The van der Waals surface area contributed by atoms with Crippen molar-refractivity contribution in [3.8, 4) is 17.1 Å². The minimum absolute atomic E-state index is 0.212. The van der Waals surface area contributed by atoms with Crippen molar-refractivity contribution in [2.45, 2.75) is 57.2 Å². The van der Waals surface area contributed by atoms with Gasteiger partial charge in [-0.25, -0.2) is 9.78 Å². The maximum absolute atomic E-state index is 11.5. The van der Waals surface area contributed by atoms with Gasteiger partial charge in [0.2, 0.25) is 5.88 Å². The van der Waals surface area contributed by atoms with E-state index < -0.39 is 5.69 Å². The van der Waals surface area contributed by atoms with Crippen molar-refractivity contribution in [1.29, 1.82) is 0 Å². The molecular weight excluding hydrogens is 438 g/mol. The highest BCUT2D eigenvalue weighted by Crippen LogP contribution is 2.26. The lowest BCUT2D eigenvalue weighted by molar-refractivity contribution is 0.454. The summed E-state index contributed by atoms with van der Waals surface area (Å²) in [7, 11) is 0. The van der Waals surface area contributed by atoms with E-state index in [9.17, 15) is 9.90 Å². The summed E-state index contributed by atoms with van der Waals surface area (Å²) in [5.74, 6) is -0.212. The molecule has 170 valence electrons. The van der Waals surface area contributed by atoms with Gasteiger partial charge in [-0.15, -0.1) is 11.3 Å². The number of nitrogens with zero attached hydrogens (tertiary/aromatic N) is 4. The van der Waals surface area contributed by atoms with Gasteiger partial charge in [-0.05, 0) is 37.8 Å². The fourth-order valence-electron chi connectivity index (χ4n) is 4.33. The van der Waals surface area contributed by atoms with E-state index in [2.05, 4.69) is 31.8 Å². The van der Waals surface area contributed by atoms with Gasteiger partial charge in [0.25, 0.3) is 0 Å². The zero-order valence-corrected chi connectivity index (χ0v) is 18.9. The second-order valence-corrected chi connectivity index (χ2v) is 9.84. The molecule has 0 aliphatic heterocycles. The van der Waals surface area contributed by atoms with Crippen LogP contribution in [0.2, 0.25) is 0 Å². The van der Waals surface area contributed by atoms with E-state index in [-0.39, 0.29) is 5.88 Å². The molecule has 4 aromatic rings. The minimum Gasteiger partial charge on any atom is -0.493 e. The molecule has 2 aliphatic carbocycles. The SMILES string of the molecule is O=c1[nH]c(O)c(/C=c2/cnn3c(=NC4CC4)cc(-c4csc(CNC5CCCC5)c4)nc23)[nH]1. The standard InChI is InChI=1S/C23H25N7O2S/c31-22-19(28-23(32)29-22)8-13-10-25-30-20(26-16-5-6-16)9-18(27-21(13)30)14-7-17(33-12-14)11-24-15-3-1-2-4-15/h7-10,12,15-16,24,31H,1-6,11H2,(H2,28,29,32)/b13-8-,26-20?. The molecule has 6 rings (SSSR count). The van der Waals surface area contributed by atoms with Crippen molar-refractivity contribution in [3.63, 3.8) is 0 Å². The fraction of sp³-hybridized carbons (Fsp3) is 0.391. The molecule has 0 amide bonds. The van der Waals surface area contributed by atoms with Crippen LogP contribution in [0.15, 0.2) is 33.5 Å². The van der Waals surface area contributed by atoms with Crippen LogP contribution in [0.4, 0.5) is 0 Å². The average molecular weight is 464 g/mol. The molecule has 33 heavy (non-hydrogen) atoms. The van der Waals surface area contributed by atoms with E-state index in [1.165, 1.54) is 30.6 Å². The van der Waals surface area contributed by atoms with Crippen LogP contribution in [0, 0.1) is 0 Å². The zero-order chi connectivity index (χ0) is 22.4. The van der Waals surface area contributed by atoms with E-state index in [0.29, 0.717) is 28.6 Å². The molecule has 4 N–H and O–H groups in total. The van der Waals surface area contributed by atoms with Crippen molar-refractivity contribution >= 4 is 23.1 Å². The Hall–Kier alpha value is -3.24. The lowest BCUT2D eigenvalue weighted by atomic mass is 10.2. The third-order valence-electron chi connectivity index (χ3n) is 6.25. The van der Waals surface area contributed by atoms with E-state index in [1.807, 2.05) is 6.07 Å². The zero-order valence-electron chi connectivity index (χ0n) is 18.0. The molecule has 4 heterocycles. The van der Waals surface area contributed by atoms with Crippen LogP contribution in [0.3, 0.4) is 0 Å². The van der Waals surface area contributed by atoms with Crippen LogP contribution < -0.4 is 21.7 Å². The Morgan fingerprint density at radius 2 is 2.09 bits per heavy atom. The van der Waals surface area contributed by atoms with Gasteiger partial charge >= 0.3 is 5.69 Å². The molecule has 0 bridgehead atoms. The number of aromatic nitrogens is 5. The van der Waals surface area contributed by atoms with Crippen LogP contribution in [0.5, 0.6) is 5.88 Å². The first-order valence-corrected chi connectivity index (χ1v) is 12.3. The Kier molecular flexibility index (Phi) is 5.11. The average Bonchev–Trinajstić information content (AvgIpc) is 3.22. The molecule has 10 heteroatoms. The van der Waals surface area contributed by atoms with Crippen LogP contribution in [-0.4, -0.2) is 41.8 Å². The highest BCUT2D eigenvalue weighted by atomic mass is 32.1. The Morgan fingerprint density at radius 3 is 2.85 bits per heavy atom. The number of aromatic amines is 2. The van der Waals surface area contributed by atoms with Gasteiger partial charge in [0.15, 0.2) is 11.1 Å². The highest BCUT2D eigenvalue weighted by Gasteiger charge is 2.21. The summed E-state index contributed by atoms with van der Waals surface area (Å²) >= 11 is 1.74. The maximum Gasteiger partial charge on any atom is 0.326 e. The van der Waals surface area contributed by atoms with Crippen molar-refractivity contribution in [2.75, 3.05) is 0 Å². The van der Waals surface area contributed by atoms with Crippen molar-refractivity contribution < 1.29 is 5.11 Å². The Labute approximate surface area is 192 Å². The monoisotopic (exact) mass is 463 g/mol. The molecule has 0 spiro atoms. The molecular formula is C23H25N7O2S. The third-order valence-corrected chi connectivity index (χ3v) is 7.18. The minimum atomic E-state index is -0.467. The van der Waals surface area contributed by atoms with Gasteiger partial charge < -0.3 is 15.4 Å². The van der Waals surface area contributed by atoms with Gasteiger partial charge in [0.1, 0.15) is 5.69 Å². The van der Waals surface area contributed by atoms with E-state index in [0.717, 1.165) is 36.1 Å². The number of aromatic hydroxyl groups is 1. The molecule has 4 aromatic heterocycles. The summed E-state index contributed by atoms with van der Waals surface area (Å²) in [5, 5.41) is 20.9. The topological polar surface area (TPSA) is 123 Å². The number of thiophene rings is 1. The smallest absolute Gasteiger partial charge is 0.326 e. The number of hydrogen-bond acceptors (Lipinski definition) is 7. The first kappa shape index (κ1) is 20.4. The Bertz CT molecular complexity index is 1490. The molecule has 2 saturated carbocycles. The summed E-state index contributed by atoms with van der Waals surface area (Å²) in [6, 6.07) is 5.16. The van der Waals surface area contributed by atoms with E-state index >= 15 is 0 Å². The van der Waals surface area contributed by atoms with E-state index in [1.54, 1.807) is 28.1 Å². The van der Waals surface area contributed by atoms with Gasteiger partial charge in [0.05, 0.1) is 17.9 Å². The first-order chi connectivity index (χ1) is 16.1. The van der Waals surface area contributed by atoms with E-state index in [4.69, 9.17) is 9.98 Å². The molecule has 2 fully saturated rings. The predicted octanol–water partition coefficient (Wildman–Crippen LogP) is 1.82. The van der Waals surface area contributed by atoms with Gasteiger partial charge in [-0.3, -0.25) is 9.98 Å². The Morgan fingerprint density at radius 1 is 1.24 bits per heavy atom. The van der Waals surface area contributed by atoms with Crippen molar-refractivity contribution in [2.24, 2.45) is 4.99 Å². The largest absolute Gasteiger partial charge is 0.493 e. The number of nitrogens with one attached hydrogen (secondary N) is 3. The molecule has 9 nitrogen and oxygen atoms in total. The normalized spacial score (nSPS) is 18.2. The molecule has 0 saturated heterocycles. The molecule has 2 aliphatic rings. The number of rotatable bonds is 6. The number of fused-ring (bicyclic) bond motifs is 1. The van der Waals surface area contributed by atoms with Crippen LogP contribution >= 0.6 is 11.3 Å². The van der Waals surface area contributed by atoms with Crippen LogP contribution in [0.25, 0.3) is 23.0 Å². The van der Waals surface area contributed by atoms with Gasteiger partial charge in [-0.2, -0.15) is 9.61 Å². The van der Waals surface area contributed by atoms with Crippen LogP contribution in [-0.2, 0) is 6.54 Å². The molecule has 0 radical (unpaired) electrons. The lowest BCUT2D eigenvalue weighted by Gasteiger charge is -2.09. The highest BCUT2D eigenvalue weighted by molar-refractivity contribution is 7.10. The molecule has 0 aromatic carbocycles. The Balaban J connectivity index is 1.41. The quantitative estimate of drug-likeness (QED) is 0.347. The van der Waals surface area contributed by atoms with Crippen molar-refractivity contribution in [3.05, 3.63) is 55.5 Å². The summed E-state index contributed by atoms with van der Waals surface area (Å²) in [5.41, 5.74) is 3.12. The molecule has 0 atom stereocenters. The van der Waals surface area contributed by atoms with Gasteiger partial charge in [-0.1, -0.05) is 12.8 Å². The first-order valence-electron chi connectivity index (χ1n) is 11.4. The maximum atomic E-state index is 11.5. The van der Waals surface area contributed by atoms with Gasteiger partial charge in [0, 0.05) is 39.7 Å². The second kappa shape index (κ2) is 8.27. The fourth-order valence-corrected chi connectivity index (χ4v) is 5.16. The number of imidazole rings is 1. The number of H-pyrrole nitrogens is 2. The predicted molar refractivity (Wildman–Crippen MR) is 126 cm³/mol. The summed E-state index contributed by atoms with van der Waals surface area (Å²) < 4.78 is 1.73. The van der Waals surface area contributed by atoms with Crippen LogP contribution in [0.1, 0.15) is 49.1 Å².